The van der Waals surface area contributed by atoms with Gasteiger partial charge in [-0.3, -0.25) is 9.79 Å². The minimum atomic E-state index is -0.764. The Bertz CT molecular complexity index is 919. The first-order valence-corrected chi connectivity index (χ1v) is 8.04. The van der Waals surface area contributed by atoms with Crippen LogP contribution in [0.25, 0.3) is 0 Å². The molecule has 0 amide bonds. The molecule has 4 rings (SSSR count). The Morgan fingerprint density at radius 2 is 1.83 bits per heavy atom. The Morgan fingerprint density at radius 1 is 1.12 bits per heavy atom. The maximum atomic E-state index is 13.4. The highest BCUT2D eigenvalue weighted by Crippen LogP contribution is 2.50. The second-order valence-electron chi connectivity index (χ2n) is 6.13. The highest BCUT2D eigenvalue weighted by Gasteiger charge is 2.53. The summed E-state index contributed by atoms with van der Waals surface area (Å²) in [5.74, 6) is 1.22. The van der Waals surface area contributed by atoms with Crippen LogP contribution in [-0.2, 0) is 11.8 Å². The predicted molar refractivity (Wildman–Crippen MR) is 93.5 cm³/mol. The summed E-state index contributed by atoms with van der Waals surface area (Å²) in [4.78, 5) is 18.0. The third kappa shape index (κ3) is 1.80. The Morgan fingerprint density at radius 3 is 2.54 bits per heavy atom. The number of methoxy groups -OCH3 is 2. The van der Waals surface area contributed by atoms with Gasteiger partial charge in [-0.05, 0) is 54.8 Å². The fraction of sp³-hybridized carbons (Fsp3) is 0.263. The van der Waals surface area contributed by atoms with E-state index in [0.29, 0.717) is 28.5 Å². The Hall–Kier alpha value is -2.33. The van der Waals surface area contributed by atoms with Crippen LogP contribution in [0.5, 0.6) is 11.5 Å². The second-order valence-corrected chi connectivity index (χ2v) is 6.57. The van der Waals surface area contributed by atoms with E-state index in [1.54, 1.807) is 26.4 Å². The van der Waals surface area contributed by atoms with Gasteiger partial charge in [0.05, 0.1) is 19.9 Å². The molecule has 0 saturated carbocycles. The number of carbonyl (C=O) groups excluding carboxylic acids is 1. The van der Waals surface area contributed by atoms with Crippen molar-refractivity contribution in [3.05, 3.63) is 52.0 Å². The predicted octanol–water partition coefficient (Wildman–Crippen LogP) is 4.14. The number of halogens is 1. The van der Waals surface area contributed by atoms with Gasteiger partial charge in [-0.25, -0.2) is 0 Å². The molecule has 4 nitrogen and oxygen atoms in total. The van der Waals surface area contributed by atoms with Crippen LogP contribution in [0.2, 0.25) is 5.02 Å². The molecule has 2 aromatic rings. The van der Waals surface area contributed by atoms with Crippen LogP contribution in [-0.4, -0.2) is 25.7 Å². The number of hydrogen-bond acceptors (Lipinski definition) is 4. The van der Waals surface area contributed by atoms with Crippen LogP contribution in [0, 0.1) is 0 Å². The van der Waals surface area contributed by atoms with E-state index in [1.165, 1.54) is 0 Å². The molecular formula is C19H16ClNO3. The van der Waals surface area contributed by atoms with E-state index in [9.17, 15) is 4.79 Å². The smallest absolute Gasteiger partial charge is 0.179 e. The lowest BCUT2D eigenvalue weighted by Gasteiger charge is -2.23. The quantitative estimate of drug-likeness (QED) is 0.824. The van der Waals surface area contributed by atoms with E-state index >= 15 is 0 Å². The van der Waals surface area contributed by atoms with Crippen molar-refractivity contribution < 1.29 is 14.3 Å². The van der Waals surface area contributed by atoms with Gasteiger partial charge in [-0.1, -0.05) is 11.6 Å². The lowest BCUT2D eigenvalue weighted by atomic mass is 9.74. The molecule has 1 aliphatic carbocycles. The minimum absolute atomic E-state index is 0.0423. The number of ether oxygens (including phenoxy) is 2. The molecule has 1 aliphatic heterocycles. The molecular weight excluding hydrogens is 326 g/mol. The van der Waals surface area contributed by atoms with E-state index in [4.69, 9.17) is 21.1 Å². The number of Topliss-reactive ketones (excluding diaryl/α,β-unsaturated/α-hetero) is 1. The average Bonchev–Trinajstić information content (AvgIpc) is 3.02. The lowest BCUT2D eigenvalue weighted by Crippen LogP contribution is -2.38. The van der Waals surface area contributed by atoms with E-state index < -0.39 is 5.41 Å². The van der Waals surface area contributed by atoms with Crippen molar-refractivity contribution in [1.82, 2.24) is 0 Å². The summed E-state index contributed by atoms with van der Waals surface area (Å²) in [5, 5.41) is 0.608. The van der Waals surface area contributed by atoms with Gasteiger partial charge in [0, 0.05) is 16.3 Å². The van der Waals surface area contributed by atoms with Gasteiger partial charge in [0.1, 0.15) is 5.41 Å². The van der Waals surface area contributed by atoms with Gasteiger partial charge >= 0.3 is 0 Å². The van der Waals surface area contributed by atoms with Gasteiger partial charge in [0.2, 0.25) is 0 Å². The SMILES string of the molecule is COc1cc2c(cc1OC)C(=O)C1(C2)C(C)=Nc2ccc(Cl)cc21. The van der Waals surface area contributed by atoms with Crippen LogP contribution >= 0.6 is 11.6 Å². The van der Waals surface area contributed by atoms with E-state index in [-0.39, 0.29) is 5.78 Å². The maximum absolute atomic E-state index is 13.4. The second kappa shape index (κ2) is 5.08. The summed E-state index contributed by atoms with van der Waals surface area (Å²) in [6.07, 6.45) is 0.560. The summed E-state index contributed by atoms with van der Waals surface area (Å²) in [6, 6.07) is 9.18. The molecule has 1 unspecified atom stereocenters. The number of carbonyl (C=O) groups is 1. The standard InChI is InChI=1S/C19H16ClNO3/c1-10-19(14-7-12(20)4-5-15(14)21-10)9-11-6-16(23-2)17(24-3)8-13(11)18(19)22/h4-8H,9H2,1-3H3. The van der Waals surface area contributed by atoms with Crippen LogP contribution in [0.3, 0.4) is 0 Å². The number of nitrogens with zero attached hydrogens (tertiary/aromatic N) is 1. The molecule has 0 N–H and O–H groups in total. The lowest BCUT2D eigenvalue weighted by molar-refractivity contribution is 0.0946. The molecule has 0 saturated heterocycles. The highest BCUT2D eigenvalue weighted by molar-refractivity contribution is 6.31. The minimum Gasteiger partial charge on any atom is -0.493 e. The molecule has 0 radical (unpaired) electrons. The Labute approximate surface area is 145 Å². The summed E-state index contributed by atoms with van der Waals surface area (Å²) < 4.78 is 10.7. The summed E-state index contributed by atoms with van der Waals surface area (Å²) >= 11 is 6.18. The number of ketones is 1. The zero-order valence-corrected chi connectivity index (χ0v) is 14.4. The number of aliphatic imine (C=N–C) groups is 1. The fourth-order valence-corrected chi connectivity index (χ4v) is 3.98. The molecule has 2 aromatic carbocycles. The largest absolute Gasteiger partial charge is 0.493 e. The van der Waals surface area contributed by atoms with Crippen molar-refractivity contribution in [3.63, 3.8) is 0 Å². The molecule has 1 spiro atoms. The van der Waals surface area contributed by atoms with Crippen LogP contribution in [0.1, 0.15) is 28.4 Å². The molecule has 24 heavy (non-hydrogen) atoms. The van der Waals surface area contributed by atoms with E-state index in [0.717, 1.165) is 22.5 Å². The molecule has 1 heterocycles. The van der Waals surface area contributed by atoms with Gasteiger partial charge in [0.15, 0.2) is 17.3 Å². The van der Waals surface area contributed by atoms with Gasteiger partial charge in [0.25, 0.3) is 0 Å². The van der Waals surface area contributed by atoms with Crippen molar-refractivity contribution in [3.8, 4) is 11.5 Å². The van der Waals surface area contributed by atoms with Crippen molar-refractivity contribution in [2.75, 3.05) is 14.2 Å². The van der Waals surface area contributed by atoms with Gasteiger partial charge in [-0.2, -0.15) is 0 Å². The molecule has 2 aliphatic rings. The van der Waals surface area contributed by atoms with Crippen LogP contribution in [0.15, 0.2) is 35.3 Å². The number of fused-ring (bicyclic) bond motifs is 3. The van der Waals surface area contributed by atoms with Crippen LogP contribution in [0.4, 0.5) is 5.69 Å². The van der Waals surface area contributed by atoms with E-state index in [2.05, 4.69) is 4.99 Å². The molecule has 122 valence electrons. The molecule has 0 aromatic heterocycles. The number of rotatable bonds is 2. The number of hydrogen-bond donors (Lipinski definition) is 0. The highest BCUT2D eigenvalue weighted by atomic mass is 35.5. The Kier molecular flexibility index (Phi) is 3.22. The molecule has 1 atom stereocenters. The summed E-state index contributed by atoms with van der Waals surface area (Å²) in [6.45, 7) is 1.91. The fourth-order valence-electron chi connectivity index (χ4n) is 3.80. The summed E-state index contributed by atoms with van der Waals surface area (Å²) in [7, 11) is 3.16. The zero-order chi connectivity index (χ0) is 17.1. The van der Waals surface area contributed by atoms with Crippen molar-refractivity contribution in [1.29, 1.82) is 0 Å². The average molecular weight is 342 g/mol. The number of benzene rings is 2. The molecule has 0 bridgehead atoms. The van der Waals surface area contributed by atoms with Gasteiger partial charge < -0.3 is 9.47 Å². The maximum Gasteiger partial charge on any atom is 0.179 e. The van der Waals surface area contributed by atoms with E-state index in [1.807, 2.05) is 25.1 Å². The zero-order valence-electron chi connectivity index (χ0n) is 13.6. The Balaban J connectivity index is 1.93. The molecule has 5 heteroatoms. The third-order valence-corrected chi connectivity index (χ3v) is 5.26. The van der Waals surface area contributed by atoms with Crippen molar-refractivity contribution in [2.45, 2.75) is 18.8 Å². The first-order valence-electron chi connectivity index (χ1n) is 7.66. The first kappa shape index (κ1) is 15.2. The van der Waals surface area contributed by atoms with Crippen LogP contribution < -0.4 is 9.47 Å². The summed E-state index contributed by atoms with van der Waals surface area (Å²) in [5.41, 5.74) is 3.34. The monoisotopic (exact) mass is 341 g/mol. The topological polar surface area (TPSA) is 47.9 Å². The van der Waals surface area contributed by atoms with Crippen molar-refractivity contribution in [2.24, 2.45) is 4.99 Å². The molecule has 0 fully saturated rings. The van der Waals surface area contributed by atoms with Crippen molar-refractivity contribution >= 4 is 28.8 Å². The van der Waals surface area contributed by atoms with Gasteiger partial charge in [-0.15, -0.1) is 0 Å². The first-order chi connectivity index (χ1) is 11.5. The third-order valence-electron chi connectivity index (χ3n) is 5.02. The normalized spacial score (nSPS) is 20.8.